The van der Waals surface area contributed by atoms with Crippen LogP contribution >= 0.6 is 11.3 Å². The van der Waals surface area contributed by atoms with Gasteiger partial charge in [0.25, 0.3) is 5.91 Å². The molecule has 0 bridgehead atoms. The van der Waals surface area contributed by atoms with Crippen molar-refractivity contribution in [2.75, 3.05) is 7.05 Å². The number of benzene rings is 2. The highest BCUT2D eigenvalue weighted by molar-refractivity contribution is 7.89. The number of hydrogen-bond acceptors (Lipinski definition) is 5. The summed E-state index contributed by atoms with van der Waals surface area (Å²) in [6, 6.07) is 19.0. The molecule has 6 nitrogen and oxygen atoms in total. The molecule has 2 aromatic carbocycles. The molecule has 0 aliphatic carbocycles. The van der Waals surface area contributed by atoms with Gasteiger partial charge in [-0.15, -0.1) is 11.3 Å². The summed E-state index contributed by atoms with van der Waals surface area (Å²) in [5.74, 6) is 0.470. The van der Waals surface area contributed by atoms with Gasteiger partial charge in [-0.25, -0.2) is 13.1 Å². The first-order chi connectivity index (χ1) is 14.8. The number of carbonyl (C=O) groups excluding carboxylic acids is 1. The molecule has 0 fully saturated rings. The molecule has 1 N–H and O–H groups in total. The lowest BCUT2D eigenvalue weighted by molar-refractivity contribution is 0.0727. The minimum atomic E-state index is -3.66. The third-order valence-corrected chi connectivity index (χ3v) is 7.48. The second-order valence-electron chi connectivity index (χ2n) is 7.21. The Hall–Kier alpha value is -2.94. The standard InChI is InChI=1S/C23H22N2O4S2/c1-16(22-14-18-6-3-4-8-21(18)29-22)25(2)23(26)17-9-11-20(12-10-17)31(27,28)24-15-19-7-5-13-30-19/h3-14,16,24H,15H2,1-2H3. The molecular weight excluding hydrogens is 432 g/mol. The monoisotopic (exact) mass is 454 g/mol. The molecule has 4 aromatic rings. The smallest absolute Gasteiger partial charge is 0.254 e. The fourth-order valence-corrected chi connectivity index (χ4v) is 4.96. The van der Waals surface area contributed by atoms with Crippen molar-refractivity contribution >= 4 is 38.2 Å². The molecule has 0 saturated carbocycles. The molecule has 0 aliphatic rings. The van der Waals surface area contributed by atoms with Crippen LogP contribution in [0.25, 0.3) is 11.0 Å². The molecule has 4 rings (SSSR count). The molecule has 31 heavy (non-hydrogen) atoms. The Morgan fingerprint density at radius 1 is 1.10 bits per heavy atom. The zero-order chi connectivity index (χ0) is 22.0. The fraction of sp³-hybridized carbons (Fsp3) is 0.174. The molecular formula is C23H22N2O4S2. The van der Waals surface area contributed by atoms with Crippen LogP contribution in [-0.2, 0) is 16.6 Å². The third kappa shape index (κ3) is 4.56. The number of para-hydroxylation sites is 1. The van der Waals surface area contributed by atoms with Crippen molar-refractivity contribution in [1.82, 2.24) is 9.62 Å². The number of fused-ring (bicyclic) bond motifs is 1. The summed E-state index contributed by atoms with van der Waals surface area (Å²) >= 11 is 1.49. The van der Waals surface area contributed by atoms with E-state index in [0.717, 1.165) is 15.8 Å². The van der Waals surface area contributed by atoms with Crippen molar-refractivity contribution in [2.45, 2.75) is 24.4 Å². The first-order valence-corrected chi connectivity index (χ1v) is 12.1. The second-order valence-corrected chi connectivity index (χ2v) is 10.0. The van der Waals surface area contributed by atoms with Crippen molar-refractivity contribution in [3.8, 4) is 0 Å². The summed E-state index contributed by atoms with van der Waals surface area (Å²) in [7, 11) is -1.95. The van der Waals surface area contributed by atoms with Crippen molar-refractivity contribution < 1.29 is 17.6 Å². The number of rotatable bonds is 7. The highest BCUT2D eigenvalue weighted by Gasteiger charge is 2.23. The van der Waals surface area contributed by atoms with E-state index in [-0.39, 0.29) is 23.4 Å². The first kappa shape index (κ1) is 21.3. The van der Waals surface area contributed by atoms with Crippen LogP contribution in [0.1, 0.15) is 34.0 Å². The molecule has 2 aromatic heterocycles. The number of hydrogen-bond donors (Lipinski definition) is 1. The van der Waals surface area contributed by atoms with Gasteiger partial charge in [-0.2, -0.15) is 0 Å². The number of thiophene rings is 1. The first-order valence-electron chi connectivity index (χ1n) is 9.73. The summed E-state index contributed by atoms with van der Waals surface area (Å²) in [6.07, 6.45) is 0. The van der Waals surface area contributed by atoms with E-state index < -0.39 is 10.0 Å². The van der Waals surface area contributed by atoms with Gasteiger partial charge in [-0.05, 0) is 54.8 Å². The molecule has 1 unspecified atom stereocenters. The Labute approximate surface area is 185 Å². The van der Waals surface area contributed by atoms with Crippen LogP contribution < -0.4 is 4.72 Å². The zero-order valence-corrected chi connectivity index (χ0v) is 18.7. The molecule has 160 valence electrons. The van der Waals surface area contributed by atoms with Gasteiger partial charge in [0.15, 0.2) is 0 Å². The molecule has 0 spiro atoms. The van der Waals surface area contributed by atoms with E-state index in [4.69, 9.17) is 4.42 Å². The van der Waals surface area contributed by atoms with Crippen LogP contribution in [0.5, 0.6) is 0 Å². The zero-order valence-electron chi connectivity index (χ0n) is 17.1. The fourth-order valence-electron chi connectivity index (χ4n) is 3.22. The minimum Gasteiger partial charge on any atom is -0.459 e. The van der Waals surface area contributed by atoms with Gasteiger partial charge >= 0.3 is 0 Å². The van der Waals surface area contributed by atoms with Crippen LogP contribution in [0.3, 0.4) is 0 Å². The van der Waals surface area contributed by atoms with Gasteiger partial charge in [0.2, 0.25) is 10.0 Å². The SMILES string of the molecule is CC(c1cc2ccccc2o1)N(C)C(=O)c1ccc(S(=O)(=O)NCc2cccs2)cc1. The van der Waals surface area contributed by atoms with Crippen molar-refractivity contribution in [3.63, 3.8) is 0 Å². The summed E-state index contributed by atoms with van der Waals surface area (Å²) < 4.78 is 33.5. The Morgan fingerprint density at radius 2 is 1.84 bits per heavy atom. The summed E-state index contributed by atoms with van der Waals surface area (Å²) in [4.78, 5) is 15.6. The van der Waals surface area contributed by atoms with Gasteiger partial charge in [-0.1, -0.05) is 24.3 Å². The van der Waals surface area contributed by atoms with Crippen LogP contribution in [0, 0.1) is 0 Å². The molecule has 0 saturated heterocycles. The minimum absolute atomic E-state index is 0.119. The van der Waals surface area contributed by atoms with Crippen LogP contribution in [0.4, 0.5) is 0 Å². The van der Waals surface area contributed by atoms with Crippen LogP contribution in [-0.4, -0.2) is 26.3 Å². The predicted molar refractivity (Wildman–Crippen MR) is 122 cm³/mol. The average molecular weight is 455 g/mol. The number of sulfonamides is 1. The van der Waals surface area contributed by atoms with E-state index in [2.05, 4.69) is 4.72 Å². The van der Waals surface area contributed by atoms with E-state index in [1.807, 2.05) is 54.8 Å². The summed E-state index contributed by atoms with van der Waals surface area (Å²) in [5.41, 5.74) is 1.18. The summed E-state index contributed by atoms with van der Waals surface area (Å²) in [5, 5.41) is 2.88. The van der Waals surface area contributed by atoms with Crippen molar-refractivity contribution in [2.24, 2.45) is 0 Å². The maximum atomic E-state index is 12.9. The normalized spacial score (nSPS) is 12.7. The Bertz CT molecular complexity index is 1260. The van der Waals surface area contributed by atoms with Crippen molar-refractivity contribution in [3.05, 3.63) is 88.3 Å². The van der Waals surface area contributed by atoms with Gasteiger partial charge in [0.05, 0.1) is 10.9 Å². The number of furan rings is 1. The number of carbonyl (C=O) groups is 1. The van der Waals surface area contributed by atoms with Gasteiger partial charge in [0, 0.05) is 29.4 Å². The van der Waals surface area contributed by atoms with E-state index >= 15 is 0 Å². The lowest BCUT2D eigenvalue weighted by atomic mass is 10.1. The topological polar surface area (TPSA) is 79.6 Å². The number of nitrogens with zero attached hydrogens (tertiary/aromatic N) is 1. The van der Waals surface area contributed by atoms with E-state index in [9.17, 15) is 13.2 Å². The number of amides is 1. The molecule has 0 radical (unpaired) electrons. The van der Waals surface area contributed by atoms with Gasteiger partial charge < -0.3 is 9.32 Å². The molecule has 8 heteroatoms. The molecule has 1 amide bonds. The molecule has 0 aliphatic heterocycles. The molecule has 2 heterocycles. The van der Waals surface area contributed by atoms with E-state index in [1.165, 1.54) is 35.6 Å². The largest absolute Gasteiger partial charge is 0.459 e. The second kappa shape index (κ2) is 8.66. The lowest BCUT2D eigenvalue weighted by Gasteiger charge is -2.23. The quantitative estimate of drug-likeness (QED) is 0.435. The van der Waals surface area contributed by atoms with Crippen LogP contribution in [0.2, 0.25) is 0 Å². The Balaban J connectivity index is 1.46. The Kier molecular flexibility index (Phi) is 5.95. The highest BCUT2D eigenvalue weighted by Crippen LogP contribution is 2.27. The Morgan fingerprint density at radius 3 is 2.52 bits per heavy atom. The van der Waals surface area contributed by atoms with Gasteiger partial charge in [0.1, 0.15) is 11.3 Å². The van der Waals surface area contributed by atoms with Crippen molar-refractivity contribution in [1.29, 1.82) is 0 Å². The molecule has 1 atom stereocenters. The maximum absolute atomic E-state index is 12.9. The third-order valence-electron chi connectivity index (χ3n) is 5.19. The van der Waals surface area contributed by atoms with E-state index in [1.54, 1.807) is 11.9 Å². The lowest BCUT2D eigenvalue weighted by Crippen LogP contribution is -2.29. The maximum Gasteiger partial charge on any atom is 0.254 e. The summed E-state index contributed by atoms with van der Waals surface area (Å²) in [6.45, 7) is 2.13. The predicted octanol–water partition coefficient (Wildman–Crippen LogP) is 4.81. The van der Waals surface area contributed by atoms with Crippen LogP contribution in [0.15, 0.2) is 81.4 Å². The number of nitrogens with one attached hydrogen (secondary N) is 1. The van der Waals surface area contributed by atoms with E-state index in [0.29, 0.717) is 11.3 Å². The highest BCUT2D eigenvalue weighted by atomic mass is 32.2. The van der Waals surface area contributed by atoms with Gasteiger partial charge in [-0.3, -0.25) is 4.79 Å². The average Bonchev–Trinajstić information content (AvgIpc) is 3.46.